The van der Waals surface area contributed by atoms with Gasteiger partial charge in [-0.25, -0.2) is 0 Å². The predicted molar refractivity (Wildman–Crippen MR) is 92.5 cm³/mol. The normalized spacial score (nSPS) is 25.5. The van der Waals surface area contributed by atoms with Crippen LogP contribution in [0.15, 0.2) is 24.3 Å². The Morgan fingerprint density at radius 2 is 2.08 bits per heavy atom. The number of amides is 2. The van der Waals surface area contributed by atoms with Gasteiger partial charge in [0.1, 0.15) is 12.3 Å². The van der Waals surface area contributed by atoms with Crippen LogP contribution in [-0.2, 0) is 14.3 Å². The molecule has 6 nitrogen and oxygen atoms in total. The molecule has 2 aliphatic heterocycles. The van der Waals surface area contributed by atoms with Crippen molar-refractivity contribution in [3.8, 4) is 5.75 Å². The highest BCUT2D eigenvalue weighted by atomic mass is 16.5. The van der Waals surface area contributed by atoms with E-state index in [9.17, 15) is 9.59 Å². The number of rotatable bonds is 5. The molecular weight excluding hydrogens is 320 g/mol. The van der Waals surface area contributed by atoms with E-state index in [1.165, 1.54) is 0 Å². The molecule has 1 saturated heterocycles. The largest absolute Gasteiger partial charge is 0.479 e. The molecule has 0 unspecified atom stereocenters. The highest BCUT2D eigenvalue weighted by Crippen LogP contribution is 2.34. The Labute approximate surface area is 147 Å². The van der Waals surface area contributed by atoms with Gasteiger partial charge in [0.25, 0.3) is 5.91 Å². The van der Waals surface area contributed by atoms with Gasteiger partial charge in [0.2, 0.25) is 5.91 Å². The van der Waals surface area contributed by atoms with Crippen molar-refractivity contribution in [3.05, 3.63) is 24.3 Å². The van der Waals surface area contributed by atoms with Crippen molar-refractivity contribution in [3.63, 3.8) is 0 Å². The molecule has 0 N–H and O–H groups in total. The molecule has 2 heterocycles. The number of para-hydroxylation sites is 2. The van der Waals surface area contributed by atoms with Crippen molar-refractivity contribution >= 4 is 17.5 Å². The van der Waals surface area contributed by atoms with Crippen LogP contribution in [0.2, 0.25) is 0 Å². The number of hydrogen-bond donors (Lipinski definition) is 0. The Bertz CT molecular complexity index is 667. The molecule has 1 aromatic carbocycles. The van der Waals surface area contributed by atoms with Crippen LogP contribution in [0.3, 0.4) is 0 Å². The summed E-state index contributed by atoms with van der Waals surface area (Å²) in [4.78, 5) is 29.1. The second-order valence-electron chi connectivity index (χ2n) is 7.16. The molecule has 6 heteroatoms. The highest BCUT2D eigenvalue weighted by Gasteiger charge is 2.38. The number of nitrogens with zero attached hydrogens (tertiary/aromatic N) is 2. The average molecular weight is 344 g/mol. The number of carbonyl (C=O) groups excluding carboxylic acids is 2. The maximum absolute atomic E-state index is 13.0. The summed E-state index contributed by atoms with van der Waals surface area (Å²) in [6.45, 7) is 4.05. The van der Waals surface area contributed by atoms with Gasteiger partial charge in [-0.15, -0.1) is 0 Å². The minimum atomic E-state index is -0.569. The first-order valence-electron chi connectivity index (χ1n) is 9.08. The fourth-order valence-corrected chi connectivity index (χ4v) is 3.59. The Kier molecular flexibility index (Phi) is 4.37. The molecule has 0 radical (unpaired) electrons. The lowest BCUT2D eigenvalue weighted by atomic mass is 10.1. The quantitative estimate of drug-likeness (QED) is 0.818. The Balaban J connectivity index is 1.51. The van der Waals surface area contributed by atoms with Crippen LogP contribution >= 0.6 is 0 Å². The highest BCUT2D eigenvalue weighted by molar-refractivity contribution is 6.03. The molecule has 3 aliphatic rings. The summed E-state index contributed by atoms with van der Waals surface area (Å²) < 4.78 is 11.1. The molecule has 25 heavy (non-hydrogen) atoms. The van der Waals surface area contributed by atoms with Gasteiger partial charge < -0.3 is 14.4 Å². The number of fused-ring (bicyclic) bond motifs is 1. The van der Waals surface area contributed by atoms with E-state index in [-0.39, 0.29) is 18.4 Å². The van der Waals surface area contributed by atoms with E-state index in [4.69, 9.17) is 9.47 Å². The molecule has 1 aliphatic carbocycles. The van der Waals surface area contributed by atoms with Gasteiger partial charge >= 0.3 is 0 Å². The molecule has 2 amide bonds. The molecule has 4 rings (SSSR count). The Hall–Kier alpha value is -2.08. The van der Waals surface area contributed by atoms with Gasteiger partial charge in [0, 0.05) is 25.1 Å². The molecule has 0 spiro atoms. The molecule has 1 aromatic rings. The fraction of sp³-hybridized carbons (Fsp3) is 0.579. The van der Waals surface area contributed by atoms with E-state index in [2.05, 4.69) is 0 Å². The zero-order valence-electron chi connectivity index (χ0n) is 14.5. The number of ether oxygens (including phenoxy) is 2. The van der Waals surface area contributed by atoms with Crippen LogP contribution in [0.5, 0.6) is 5.75 Å². The lowest BCUT2D eigenvalue weighted by molar-refractivity contribution is -0.134. The van der Waals surface area contributed by atoms with Gasteiger partial charge in [-0.2, -0.15) is 0 Å². The van der Waals surface area contributed by atoms with E-state index in [1.54, 1.807) is 11.8 Å². The first kappa shape index (κ1) is 16.4. The molecule has 2 atom stereocenters. The first-order chi connectivity index (χ1) is 12.1. The van der Waals surface area contributed by atoms with Gasteiger partial charge in [0.05, 0.1) is 12.3 Å². The minimum Gasteiger partial charge on any atom is -0.479 e. The van der Waals surface area contributed by atoms with Crippen LogP contribution < -0.4 is 9.64 Å². The van der Waals surface area contributed by atoms with Crippen LogP contribution in [0.1, 0.15) is 26.2 Å². The van der Waals surface area contributed by atoms with Crippen molar-refractivity contribution in [2.75, 3.05) is 31.2 Å². The maximum atomic E-state index is 13.0. The van der Waals surface area contributed by atoms with Crippen LogP contribution in [-0.4, -0.2) is 55.2 Å². The number of hydrogen-bond acceptors (Lipinski definition) is 4. The second-order valence-corrected chi connectivity index (χ2v) is 7.16. The van der Waals surface area contributed by atoms with Crippen molar-refractivity contribution in [2.45, 2.75) is 38.3 Å². The van der Waals surface area contributed by atoms with Crippen molar-refractivity contribution in [1.29, 1.82) is 0 Å². The van der Waals surface area contributed by atoms with Crippen molar-refractivity contribution < 1.29 is 19.1 Å². The van der Waals surface area contributed by atoms with Gasteiger partial charge in [-0.05, 0) is 38.3 Å². The molecule has 2 fully saturated rings. The van der Waals surface area contributed by atoms with E-state index in [0.717, 1.165) is 39.0 Å². The summed E-state index contributed by atoms with van der Waals surface area (Å²) >= 11 is 0. The zero-order valence-corrected chi connectivity index (χ0v) is 14.5. The predicted octanol–water partition coefficient (Wildman–Crippen LogP) is 1.83. The first-order valence-corrected chi connectivity index (χ1v) is 9.08. The maximum Gasteiger partial charge on any atom is 0.268 e. The number of carbonyl (C=O) groups is 2. The van der Waals surface area contributed by atoms with E-state index < -0.39 is 6.10 Å². The molecular formula is C19H24N2O4. The summed E-state index contributed by atoms with van der Waals surface area (Å²) in [5, 5.41) is 0. The third-order valence-electron chi connectivity index (χ3n) is 5.15. The minimum absolute atomic E-state index is 0.0200. The van der Waals surface area contributed by atoms with Crippen molar-refractivity contribution in [1.82, 2.24) is 4.90 Å². The monoisotopic (exact) mass is 344 g/mol. The Morgan fingerprint density at radius 1 is 1.28 bits per heavy atom. The summed E-state index contributed by atoms with van der Waals surface area (Å²) in [6, 6.07) is 7.73. The lowest BCUT2D eigenvalue weighted by Crippen LogP contribution is -2.50. The third-order valence-corrected chi connectivity index (χ3v) is 5.15. The summed E-state index contributed by atoms with van der Waals surface area (Å²) in [7, 11) is 0. The van der Waals surface area contributed by atoms with Gasteiger partial charge in [-0.1, -0.05) is 12.1 Å². The van der Waals surface area contributed by atoms with E-state index in [1.807, 2.05) is 29.2 Å². The van der Waals surface area contributed by atoms with Crippen LogP contribution in [0.25, 0.3) is 0 Å². The molecule has 1 saturated carbocycles. The lowest BCUT2D eigenvalue weighted by Gasteiger charge is -2.34. The Morgan fingerprint density at radius 3 is 2.80 bits per heavy atom. The standard InChI is InChI=1S/C19H24N2O4/c1-13-19(23)21(16-4-2-3-5-17(16)25-13)11-18(22)20(15-6-7-15)10-14-8-9-24-12-14/h2-5,13-15H,6-12H2,1H3/t13-,14+/m0/s1. The summed E-state index contributed by atoms with van der Waals surface area (Å²) in [6.07, 6.45) is 2.56. The van der Waals surface area contributed by atoms with E-state index in [0.29, 0.717) is 23.4 Å². The fourth-order valence-electron chi connectivity index (χ4n) is 3.59. The van der Waals surface area contributed by atoms with Crippen LogP contribution in [0.4, 0.5) is 5.69 Å². The summed E-state index contributed by atoms with van der Waals surface area (Å²) in [5.41, 5.74) is 0.680. The average Bonchev–Trinajstić information content (AvgIpc) is 3.32. The molecule has 0 aromatic heterocycles. The van der Waals surface area contributed by atoms with Crippen molar-refractivity contribution in [2.24, 2.45) is 5.92 Å². The second kappa shape index (κ2) is 6.67. The van der Waals surface area contributed by atoms with E-state index >= 15 is 0 Å². The smallest absolute Gasteiger partial charge is 0.268 e. The summed E-state index contributed by atoms with van der Waals surface area (Å²) in [5.74, 6) is 0.930. The van der Waals surface area contributed by atoms with Crippen LogP contribution in [0, 0.1) is 5.92 Å². The SMILES string of the molecule is C[C@@H]1Oc2ccccc2N(CC(=O)N(C[C@H]2CCOC2)C2CC2)C1=O. The topological polar surface area (TPSA) is 59.1 Å². The van der Waals surface area contributed by atoms with Gasteiger partial charge in [0.15, 0.2) is 6.10 Å². The molecule has 134 valence electrons. The van der Waals surface area contributed by atoms with Gasteiger partial charge in [-0.3, -0.25) is 14.5 Å². The molecule has 0 bridgehead atoms. The number of anilines is 1. The third kappa shape index (κ3) is 3.35. The number of benzene rings is 1. The zero-order chi connectivity index (χ0) is 17.4.